The summed E-state index contributed by atoms with van der Waals surface area (Å²) in [6.07, 6.45) is 3.55. The van der Waals surface area contributed by atoms with E-state index in [2.05, 4.69) is 9.97 Å². The molecule has 1 aromatic rings. The van der Waals surface area contributed by atoms with Crippen LogP contribution in [0.4, 0.5) is 0 Å². The van der Waals surface area contributed by atoms with Gasteiger partial charge in [0.25, 0.3) is 0 Å². The number of halogens is 1. The molecular weight excluding hydrogens is 180 g/mol. The van der Waals surface area contributed by atoms with E-state index in [0.29, 0.717) is 10.3 Å². The first-order chi connectivity index (χ1) is 5.33. The Hall–Kier alpha value is -0.280. The maximum Gasteiger partial charge on any atom is 0.188 e. The van der Waals surface area contributed by atoms with Crippen LogP contribution in [0.5, 0.6) is 0 Å². The third-order valence-corrected chi connectivity index (χ3v) is 1.55. The second-order valence-corrected chi connectivity index (χ2v) is 2.53. The Morgan fingerprint density at radius 3 is 2.45 bits per heavy atom. The first kappa shape index (κ1) is 10.7. The molecule has 0 bridgehead atoms. The molecule has 0 aliphatic rings. The van der Waals surface area contributed by atoms with Crippen LogP contribution < -0.4 is 0 Å². The van der Waals surface area contributed by atoms with Gasteiger partial charge in [-0.3, -0.25) is 0 Å². The minimum Gasteiger partial charge on any atom is -0.231 e. The lowest BCUT2D eigenvalue weighted by atomic mass is 10.7. The standard InChI is InChI=1S/C5H5ClN2S.C2H6/c1-9-5-7-3-2-4(6)8-5;1-2/h2-3H,1H3;1-2H3. The number of rotatable bonds is 1. The van der Waals surface area contributed by atoms with Crippen LogP contribution in [-0.4, -0.2) is 16.2 Å². The van der Waals surface area contributed by atoms with Gasteiger partial charge in [0.1, 0.15) is 5.15 Å². The topological polar surface area (TPSA) is 25.8 Å². The van der Waals surface area contributed by atoms with Gasteiger partial charge in [0, 0.05) is 6.20 Å². The molecule has 0 N–H and O–H groups in total. The van der Waals surface area contributed by atoms with E-state index in [1.807, 2.05) is 20.1 Å². The summed E-state index contributed by atoms with van der Waals surface area (Å²) in [6.45, 7) is 4.00. The molecular formula is C7H11ClN2S. The summed E-state index contributed by atoms with van der Waals surface area (Å²) in [5, 5.41) is 1.21. The van der Waals surface area contributed by atoms with Crippen molar-refractivity contribution in [3.05, 3.63) is 17.4 Å². The third kappa shape index (κ3) is 4.22. The minimum atomic E-state index is 0.495. The fourth-order valence-electron chi connectivity index (χ4n) is 0.418. The third-order valence-electron chi connectivity index (χ3n) is 0.782. The van der Waals surface area contributed by atoms with Crippen molar-refractivity contribution < 1.29 is 0 Å². The predicted molar refractivity (Wildman–Crippen MR) is 50.2 cm³/mol. The molecule has 0 aliphatic carbocycles. The van der Waals surface area contributed by atoms with E-state index in [0.717, 1.165) is 0 Å². The predicted octanol–water partition coefficient (Wildman–Crippen LogP) is 2.88. The molecule has 4 heteroatoms. The summed E-state index contributed by atoms with van der Waals surface area (Å²) in [6, 6.07) is 1.65. The zero-order chi connectivity index (χ0) is 8.69. The SMILES string of the molecule is CC.CSc1nccc(Cl)n1. The van der Waals surface area contributed by atoms with Crippen molar-refractivity contribution in [1.82, 2.24) is 9.97 Å². The first-order valence-corrected chi connectivity index (χ1v) is 4.96. The fraction of sp³-hybridized carbons (Fsp3) is 0.429. The van der Waals surface area contributed by atoms with Crippen molar-refractivity contribution in [2.75, 3.05) is 6.26 Å². The summed E-state index contributed by atoms with van der Waals surface area (Å²) in [5.74, 6) is 0. The van der Waals surface area contributed by atoms with Gasteiger partial charge in [0.2, 0.25) is 0 Å². The number of hydrogen-bond acceptors (Lipinski definition) is 3. The zero-order valence-electron chi connectivity index (χ0n) is 6.84. The Balaban J connectivity index is 0.000000461. The zero-order valence-corrected chi connectivity index (χ0v) is 8.41. The van der Waals surface area contributed by atoms with Gasteiger partial charge in [-0.1, -0.05) is 37.2 Å². The molecule has 0 fully saturated rings. The lowest BCUT2D eigenvalue weighted by Crippen LogP contribution is -1.82. The molecule has 1 rings (SSSR count). The van der Waals surface area contributed by atoms with Gasteiger partial charge in [-0.2, -0.15) is 0 Å². The normalized spacial score (nSPS) is 8.36. The van der Waals surface area contributed by atoms with Crippen LogP contribution in [-0.2, 0) is 0 Å². The molecule has 0 saturated heterocycles. The van der Waals surface area contributed by atoms with E-state index in [4.69, 9.17) is 11.6 Å². The minimum absolute atomic E-state index is 0.495. The highest BCUT2D eigenvalue weighted by molar-refractivity contribution is 7.98. The van der Waals surface area contributed by atoms with Crippen LogP contribution in [0, 0.1) is 0 Å². The van der Waals surface area contributed by atoms with E-state index in [1.165, 1.54) is 11.8 Å². The molecule has 1 aromatic heterocycles. The monoisotopic (exact) mass is 190 g/mol. The highest BCUT2D eigenvalue weighted by Crippen LogP contribution is 2.09. The van der Waals surface area contributed by atoms with Crippen LogP contribution in [0.25, 0.3) is 0 Å². The number of hydrogen-bond donors (Lipinski definition) is 0. The van der Waals surface area contributed by atoms with Crippen molar-refractivity contribution in [2.45, 2.75) is 19.0 Å². The quantitative estimate of drug-likeness (QED) is 0.387. The summed E-state index contributed by atoms with van der Waals surface area (Å²) in [7, 11) is 0. The van der Waals surface area contributed by atoms with Crippen LogP contribution >= 0.6 is 23.4 Å². The van der Waals surface area contributed by atoms with Gasteiger partial charge < -0.3 is 0 Å². The van der Waals surface area contributed by atoms with Crippen molar-refractivity contribution >= 4 is 23.4 Å². The highest BCUT2D eigenvalue weighted by Gasteiger charge is 1.91. The molecule has 2 nitrogen and oxygen atoms in total. The Morgan fingerprint density at radius 2 is 2.09 bits per heavy atom. The van der Waals surface area contributed by atoms with Gasteiger partial charge >= 0.3 is 0 Å². The van der Waals surface area contributed by atoms with Gasteiger partial charge in [0.05, 0.1) is 0 Å². The Labute approximate surface area is 76.4 Å². The molecule has 0 unspecified atom stereocenters. The fourth-order valence-corrected chi connectivity index (χ4v) is 0.961. The van der Waals surface area contributed by atoms with Crippen LogP contribution in [0.3, 0.4) is 0 Å². The van der Waals surface area contributed by atoms with Gasteiger partial charge in [-0.05, 0) is 12.3 Å². The van der Waals surface area contributed by atoms with Crippen molar-refractivity contribution in [3.8, 4) is 0 Å². The van der Waals surface area contributed by atoms with E-state index in [-0.39, 0.29) is 0 Å². The highest BCUT2D eigenvalue weighted by atomic mass is 35.5. The molecule has 62 valence electrons. The lowest BCUT2D eigenvalue weighted by Gasteiger charge is -1.91. The summed E-state index contributed by atoms with van der Waals surface area (Å²) < 4.78 is 0. The molecule has 0 spiro atoms. The van der Waals surface area contributed by atoms with Crippen molar-refractivity contribution in [2.24, 2.45) is 0 Å². The maximum atomic E-state index is 5.56. The van der Waals surface area contributed by atoms with Gasteiger partial charge in [-0.25, -0.2) is 9.97 Å². The number of thioether (sulfide) groups is 1. The molecule has 0 radical (unpaired) electrons. The number of aromatic nitrogens is 2. The average molecular weight is 191 g/mol. The van der Waals surface area contributed by atoms with E-state index >= 15 is 0 Å². The first-order valence-electron chi connectivity index (χ1n) is 3.35. The Kier molecular flexibility index (Phi) is 6.27. The Morgan fingerprint density at radius 1 is 1.45 bits per heavy atom. The molecule has 0 saturated carbocycles. The molecule has 0 amide bonds. The molecule has 0 aliphatic heterocycles. The Bertz CT molecular complexity index is 205. The van der Waals surface area contributed by atoms with Crippen molar-refractivity contribution in [3.63, 3.8) is 0 Å². The lowest BCUT2D eigenvalue weighted by molar-refractivity contribution is 0.971. The van der Waals surface area contributed by atoms with Gasteiger partial charge in [-0.15, -0.1) is 0 Å². The van der Waals surface area contributed by atoms with E-state index < -0.39 is 0 Å². The van der Waals surface area contributed by atoms with Crippen LogP contribution in [0.1, 0.15) is 13.8 Å². The largest absolute Gasteiger partial charge is 0.231 e. The molecule has 0 atom stereocenters. The summed E-state index contributed by atoms with van der Waals surface area (Å²) in [5.41, 5.74) is 0. The second kappa shape index (κ2) is 6.43. The van der Waals surface area contributed by atoms with Crippen LogP contribution in [0.2, 0.25) is 5.15 Å². The molecule has 11 heavy (non-hydrogen) atoms. The van der Waals surface area contributed by atoms with Crippen molar-refractivity contribution in [1.29, 1.82) is 0 Å². The van der Waals surface area contributed by atoms with E-state index in [9.17, 15) is 0 Å². The summed E-state index contributed by atoms with van der Waals surface area (Å²) in [4.78, 5) is 7.83. The van der Waals surface area contributed by atoms with E-state index in [1.54, 1.807) is 12.3 Å². The number of nitrogens with zero attached hydrogens (tertiary/aromatic N) is 2. The second-order valence-electron chi connectivity index (χ2n) is 1.37. The maximum absolute atomic E-state index is 5.56. The molecule has 0 aromatic carbocycles. The molecule has 1 heterocycles. The van der Waals surface area contributed by atoms with Crippen LogP contribution in [0.15, 0.2) is 17.4 Å². The average Bonchev–Trinajstić information content (AvgIpc) is 2.08. The smallest absolute Gasteiger partial charge is 0.188 e. The van der Waals surface area contributed by atoms with Gasteiger partial charge in [0.15, 0.2) is 5.16 Å². The summed E-state index contributed by atoms with van der Waals surface area (Å²) >= 11 is 7.04.